The molecule has 42 heavy (non-hydrogen) atoms. The monoisotopic (exact) mass is 578 g/mol. The number of aromatic hydroxyl groups is 1. The summed E-state index contributed by atoms with van der Waals surface area (Å²) >= 11 is 0. The molecule has 1 saturated heterocycles. The van der Waals surface area contributed by atoms with Crippen molar-refractivity contribution in [3.05, 3.63) is 35.9 Å². The van der Waals surface area contributed by atoms with Crippen molar-refractivity contribution < 1.29 is 20.1 Å². The van der Waals surface area contributed by atoms with Crippen molar-refractivity contribution in [2.45, 2.75) is 102 Å². The Kier molecular flexibility index (Phi) is 7.37. The standard InChI is InChI=1S/C30H42N8O4/c1-15(2)37(13-21-24(39)25(40)28(42-21)38-27-23(36-29(38)41)26(31)32-14-33-27)18-10-16(11-18)6-9-22-34-19-8-7-17(30(3,4)5)12-20(19)35-22/h7-8,12,14-16,18,21,24-25,28,39-40H,6,9-11,13H2,1-5H3,(H,34,35)(H,36,41)(H2,31,32,33)/t16-,18+,21-,24-,25-,28-/m1/s1. The first-order valence-corrected chi connectivity index (χ1v) is 14.8. The van der Waals surface area contributed by atoms with Crippen molar-refractivity contribution in [2.75, 3.05) is 12.3 Å². The number of aromatic nitrogens is 6. The number of aliphatic hydroxyl groups is 2. The molecule has 6 rings (SSSR count). The van der Waals surface area contributed by atoms with E-state index in [1.807, 2.05) is 0 Å². The Bertz CT molecular complexity index is 1570. The molecule has 0 radical (unpaired) electrons. The highest BCUT2D eigenvalue weighted by Gasteiger charge is 2.47. The van der Waals surface area contributed by atoms with Gasteiger partial charge in [0.05, 0.1) is 11.0 Å². The van der Waals surface area contributed by atoms with Gasteiger partial charge in [0.15, 0.2) is 23.2 Å². The number of H-pyrrole nitrogens is 1. The van der Waals surface area contributed by atoms with E-state index in [9.17, 15) is 15.3 Å². The number of hydrogen-bond donors (Lipinski definition) is 5. The maximum absolute atomic E-state index is 10.9. The van der Waals surface area contributed by atoms with Gasteiger partial charge >= 0.3 is 0 Å². The van der Waals surface area contributed by atoms with Gasteiger partial charge in [-0.1, -0.05) is 26.8 Å². The van der Waals surface area contributed by atoms with Crippen LogP contribution in [-0.2, 0) is 16.6 Å². The van der Waals surface area contributed by atoms with Crippen LogP contribution in [0, 0.1) is 5.92 Å². The number of rotatable bonds is 8. The van der Waals surface area contributed by atoms with Crippen molar-refractivity contribution in [1.82, 2.24) is 34.4 Å². The van der Waals surface area contributed by atoms with Crippen LogP contribution in [0.3, 0.4) is 0 Å². The summed E-state index contributed by atoms with van der Waals surface area (Å²) in [6.07, 6.45) is 1.22. The second-order valence-corrected chi connectivity index (χ2v) is 13.2. The number of anilines is 1. The van der Waals surface area contributed by atoms with Gasteiger partial charge in [0.2, 0.25) is 0 Å². The minimum absolute atomic E-state index is 0.0915. The molecule has 0 spiro atoms. The fourth-order valence-corrected chi connectivity index (χ4v) is 6.42. The van der Waals surface area contributed by atoms with Gasteiger partial charge in [0, 0.05) is 25.0 Å². The molecule has 2 aliphatic rings. The number of nitrogen functional groups attached to an aromatic ring is 1. The maximum atomic E-state index is 10.9. The topological polar surface area (TPSA) is 171 Å². The first-order chi connectivity index (χ1) is 19.9. The zero-order valence-electron chi connectivity index (χ0n) is 24.9. The lowest BCUT2D eigenvalue weighted by Gasteiger charge is -2.46. The average Bonchev–Trinajstić information content (AvgIpc) is 3.55. The quantitative estimate of drug-likeness (QED) is 0.209. The van der Waals surface area contributed by atoms with Crippen molar-refractivity contribution in [1.29, 1.82) is 0 Å². The van der Waals surface area contributed by atoms with E-state index in [-0.39, 0.29) is 28.4 Å². The Balaban J connectivity index is 1.07. The van der Waals surface area contributed by atoms with Crippen LogP contribution in [0.25, 0.3) is 22.2 Å². The highest BCUT2D eigenvalue weighted by molar-refractivity contribution is 5.82. The zero-order valence-corrected chi connectivity index (χ0v) is 24.9. The van der Waals surface area contributed by atoms with E-state index in [1.54, 1.807) is 0 Å². The molecule has 1 aliphatic carbocycles. The summed E-state index contributed by atoms with van der Waals surface area (Å²) in [6.45, 7) is 11.4. The van der Waals surface area contributed by atoms with Gasteiger partial charge in [0.25, 0.3) is 6.01 Å². The van der Waals surface area contributed by atoms with Gasteiger partial charge in [-0.15, -0.1) is 0 Å². The molecular formula is C30H42N8O4. The molecule has 3 aromatic heterocycles. The highest BCUT2D eigenvalue weighted by atomic mass is 16.6. The summed E-state index contributed by atoms with van der Waals surface area (Å²) in [7, 11) is 0. The van der Waals surface area contributed by atoms with Crippen molar-refractivity contribution in [3.8, 4) is 6.01 Å². The summed E-state index contributed by atoms with van der Waals surface area (Å²) in [5.74, 6) is 1.74. The molecule has 1 aliphatic heterocycles. The minimum Gasteiger partial charge on any atom is -0.480 e. The second kappa shape index (κ2) is 10.7. The molecule has 226 valence electrons. The van der Waals surface area contributed by atoms with Gasteiger partial charge in [-0.05, 0) is 62.1 Å². The average molecular weight is 579 g/mol. The Morgan fingerprint density at radius 1 is 1.14 bits per heavy atom. The first-order valence-electron chi connectivity index (χ1n) is 14.8. The molecule has 0 unspecified atom stereocenters. The SMILES string of the molecule is CC(C)N(C[C@H]1O[C@@H](n2c(O)nc3c(N)ncnc32)[C@H](O)[C@@H]1O)[C@H]1C[C@@H](CCc2nc3cc(C(C)(C)C)ccc3[nH]2)C1. The fourth-order valence-electron chi connectivity index (χ4n) is 6.42. The van der Waals surface area contributed by atoms with Gasteiger partial charge in [0.1, 0.15) is 30.5 Å². The van der Waals surface area contributed by atoms with E-state index in [0.717, 1.165) is 42.5 Å². The Morgan fingerprint density at radius 3 is 2.62 bits per heavy atom. The lowest BCUT2D eigenvalue weighted by molar-refractivity contribution is -0.0639. The highest BCUT2D eigenvalue weighted by Crippen LogP contribution is 2.39. The third kappa shape index (κ3) is 5.21. The van der Waals surface area contributed by atoms with E-state index < -0.39 is 30.6 Å². The number of aliphatic hydroxyl groups excluding tert-OH is 2. The number of benzene rings is 1. The molecular weight excluding hydrogens is 536 g/mol. The second-order valence-electron chi connectivity index (χ2n) is 13.2. The summed E-state index contributed by atoms with van der Waals surface area (Å²) in [6, 6.07) is 6.68. The summed E-state index contributed by atoms with van der Waals surface area (Å²) < 4.78 is 7.42. The van der Waals surface area contributed by atoms with E-state index in [2.05, 4.69) is 77.7 Å². The first kappa shape index (κ1) is 28.8. The third-order valence-electron chi connectivity index (χ3n) is 9.00. The number of ether oxygens (including phenoxy) is 1. The molecule has 4 aromatic rings. The number of imidazole rings is 2. The zero-order chi connectivity index (χ0) is 29.9. The van der Waals surface area contributed by atoms with Crippen molar-refractivity contribution in [3.63, 3.8) is 0 Å². The van der Waals surface area contributed by atoms with Gasteiger partial charge in [-0.2, -0.15) is 4.98 Å². The fraction of sp³-hybridized carbons (Fsp3) is 0.600. The molecule has 12 heteroatoms. The Hall–Kier alpha value is -3.32. The van der Waals surface area contributed by atoms with Crippen LogP contribution in [-0.4, -0.2) is 86.6 Å². The number of hydrogen-bond acceptors (Lipinski definition) is 10. The van der Waals surface area contributed by atoms with E-state index >= 15 is 0 Å². The van der Waals surface area contributed by atoms with Gasteiger partial charge < -0.3 is 30.8 Å². The summed E-state index contributed by atoms with van der Waals surface area (Å²) in [5.41, 5.74) is 9.81. The molecule has 4 heterocycles. The number of nitrogens with zero attached hydrogens (tertiary/aromatic N) is 6. The Labute approximate surface area is 245 Å². The lowest BCUT2D eigenvalue weighted by Crippen LogP contribution is -2.52. The van der Waals surface area contributed by atoms with Crippen molar-refractivity contribution in [2.24, 2.45) is 5.92 Å². The van der Waals surface area contributed by atoms with Crippen LogP contribution >= 0.6 is 0 Å². The molecule has 0 amide bonds. The van der Waals surface area contributed by atoms with E-state index in [0.29, 0.717) is 18.5 Å². The summed E-state index contributed by atoms with van der Waals surface area (Å²) in [4.78, 5) is 22.8. The number of aryl methyl sites for hydroxylation is 1. The predicted octanol–water partition coefficient (Wildman–Crippen LogP) is 3.03. The number of fused-ring (bicyclic) bond motifs is 2. The number of nitrogens with one attached hydrogen (secondary N) is 1. The van der Waals surface area contributed by atoms with Crippen LogP contribution in [0.4, 0.5) is 5.82 Å². The lowest BCUT2D eigenvalue weighted by atomic mass is 9.76. The summed E-state index contributed by atoms with van der Waals surface area (Å²) in [5, 5.41) is 32.4. The normalized spacial score (nSPS) is 26.6. The van der Waals surface area contributed by atoms with E-state index in [4.69, 9.17) is 15.5 Å². The molecule has 4 atom stereocenters. The van der Waals surface area contributed by atoms with E-state index in [1.165, 1.54) is 16.5 Å². The molecule has 12 nitrogen and oxygen atoms in total. The number of nitrogens with two attached hydrogens (primary N) is 1. The maximum Gasteiger partial charge on any atom is 0.298 e. The van der Waals surface area contributed by atoms with Crippen LogP contribution < -0.4 is 5.73 Å². The van der Waals surface area contributed by atoms with Crippen LogP contribution in [0.2, 0.25) is 0 Å². The molecule has 1 saturated carbocycles. The Morgan fingerprint density at radius 2 is 1.90 bits per heavy atom. The molecule has 6 N–H and O–H groups in total. The third-order valence-corrected chi connectivity index (χ3v) is 9.00. The van der Waals surface area contributed by atoms with Crippen LogP contribution in [0.15, 0.2) is 24.5 Å². The van der Waals surface area contributed by atoms with Gasteiger partial charge in [-0.3, -0.25) is 4.90 Å². The largest absolute Gasteiger partial charge is 0.480 e. The van der Waals surface area contributed by atoms with Crippen LogP contribution in [0.5, 0.6) is 6.01 Å². The minimum atomic E-state index is -1.28. The molecule has 0 bridgehead atoms. The smallest absolute Gasteiger partial charge is 0.298 e. The predicted molar refractivity (Wildman–Crippen MR) is 159 cm³/mol. The van der Waals surface area contributed by atoms with Gasteiger partial charge in [-0.25, -0.2) is 19.5 Å². The molecule has 1 aromatic carbocycles. The van der Waals surface area contributed by atoms with Crippen LogP contribution in [0.1, 0.15) is 71.5 Å². The number of aromatic amines is 1. The van der Waals surface area contributed by atoms with Crippen molar-refractivity contribution >= 4 is 28.0 Å². The molecule has 2 fully saturated rings.